The van der Waals surface area contributed by atoms with Crippen LogP contribution in [0.1, 0.15) is 33.6 Å². The summed E-state index contributed by atoms with van der Waals surface area (Å²) in [5.74, 6) is -2.64. The van der Waals surface area contributed by atoms with Gasteiger partial charge in [0.2, 0.25) is 11.8 Å². The van der Waals surface area contributed by atoms with Crippen molar-refractivity contribution in [1.82, 2.24) is 20.2 Å². The van der Waals surface area contributed by atoms with E-state index in [1.807, 2.05) is 0 Å². The van der Waals surface area contributed by atoms with Crippen LogP contribution in [0.5, 0.6) is 11.8 Å². The number of aromatic nitrogens is 2. The Morgan fingerprint density at radius 2 is 1.38 bits per heavy atom. The van der Waals surface area contributed by atoms with E-state index in [2.05, 4.69) is 20.0 Å². The van der Waals surface area contributed by atoms with E-state index in [0.717, 1.165) is 0 Å². The van der Waals surface area contributed by atoms with E-state index in [0.29, 0.717) is 41.2 Å². The van der Waals surface area contributed by atoms with Gasteiger partial charge in [0.25, 0.3) is 0 Å². The molecule has 0 aliphatic carbocycles. The van der Waals surface area contributed by atoms with E-state index in [9.17, 15) is 27.6 Å². The summed E-state index contributed by atoms with van der Waals surface area (Å²) in [7, 11) is 2.66. The van der Waals surface area contributed by atoms with E-state index in [1.165, 1.54) is 31.5 Å². The molecule has 2 fully saturated rings. The molecule has 4 atom stereocenters. The summed E-state index contributed by atoms with van der Waals surface area (Å²) in [6, 6.07) is 5.66. The Kier molecular flexibility index (Phi) is 14.9. The Bertz CT molecular complexity index is 1380. The van der Waals surface area contributed by atoms with Crippen LogP contribution in [-0.2, 0) is 28.6 Å². The van der Waals surface area contributed by atoms with Crippen molar-refractivity contribution in [3.05, 3.63) is 46.7 Å². The van der Waals surface area contributed by atoms with Crippen molar-refractivity contribution in [2.45, 2.75) is 69.7 Å². The molecule has 2 N–H and O–H groups in total. The van der Waals surface area contributed by atoms with E-state index in [1.54, 1.807) is 45.0 Å². The number of likely N-dealkylation sites (tertiary alicyclic amines) is 1. The SMILES string of the molecule is COC(=O)[C@@H]1C[C@@H](Oc2ccc(Cl)cn2)CN1.COC(=O)[C@@H]1C[C@@H](Oc2ccc(Cl)cn2)CN1C(=O)OC(C)(C)C.O=C(O)C(F)(F)F. The number of rotatable bonds is 6. The van der Waals surface area contributed by atoms with Crippen LogP contribution in [0, 0.1) is 0 Å². The first-order valence-electron chi connectivity index (χ1n) is 14.1. The van der Waals surface area contributed by atoms with Gasteiger partial charge in [-0.05, 0) is 32.9 Å². The maximum absolute atomic E-state index is 12.3. The Morgan fingerprint density at radius 3 is 1.79 bits per heavy atom. The summed E-state index contributed by atoms with van der Waals surface area (Å²) in [6.45, 7) is 6.10. The monoisotopic (exact) mass is 726 g/mol. The van der Waals surface area contributed by atoms with Crippen LogP contribution in [0.3, 0.4) is 0 Å². The Labute approximate surface area is 283 Å². The lowest BCUT2D eigenvalue weighted by Gasteiger charge is -2.27. The smallest absolute Gasteiger partial charge is 0.475 e. The van der Waals surface area contributed by atoms with Crippen LogP contribution < -0.4 is 14.8 Å². The largest absolute Gasteiger partial charge is 0.490 e. The van der Waals surface area contributed by atoms with Crippen molar-refractivity contribution in [3.63, 3.8) is 0 Å². The quantitative estimate of drug-likeness (QED) is 0.318. The van der Waals surface area contributed by atoms with Crippen molar-refractivity contribution >= 4 is 47.2 Å². The number of esters is 2. The van der Waals surface area contributed by atoms with Crippen molar-refractivity contribution in [3.8, 4) is 11.8 Å². The van der Waals surface area contributed by atoms with Crippen LogP contribution >= 0.6 is 23.2 Å². The molecule has 4 heterocycles. The maximum Gasteiger partial charge on any atom is 0.490 e. The molecule has 0 spiro atoms. The zero-order chi connectivity index (χ0) is 36.2. The Hall–Kier alpha value is -4.09. The van der Waals surface area contributed by atoms with Crippen LogP contribution in [0.15, 0.2) is 36.7 Å². The molecule has 48 heavy (non-hydrogen) atoms. The number of halogens is 5. The van der Waals surface area contributed by atoms with Gasteiger partial charge in [-0.1, -0.05) is 23.2 Å². The second-order valence-electron chi connectivity index (χ2n) is 11.0. The first-order chi connectivity index (χ1) is 22.3. The van der Waals surface area contributed by atoms with Gasteiger partial charge in [-0.2, -0.15) is 13.2 Å². The zero-order valence-electron chi connectivity index (χ0n) is 26.5. The summed E-state index contributed by atoms with van der Waals surface area (Å²) in [6.07, 6.45) is -2.25. The van der Waals surface area contributed by atoms with Gasteiger partial charge in [0, 0.05) is 43.9 Å². The van der Waals surface area contributed by atoms with Crippen molar-refractivity contribution < 1.29 is 61.1 Å². The van der Waals surface area contributed by atoms with Gasteiger partial charge < -0.3 is 34.1 Å². The first kappa shape index (κ1) is 40.1. The summed E-state index contributed by atoms with van der Waals surface area (Å²) >= 11 is 11.5. The van der Waals surface area contributed by atoms with Crippen LogP contribution in [0.25, 0.3) is 0 Å². The van der Waals surface area contributed by atoms with E-state index in [-0.39, 0.29) is 24.7 Å². The average molecular weight is 728 g/mol. The molecule has 4 rings (SSSR count). The molecule has 0 bridgehead atoms. The van der Waals surface area contributed by atoms with Gasteiger partial charge in [0.05, 0.1) is 30.8 Å². The lowest BCUT2D eigenvalue weighted by Crippen LogP contribution is -2.44. The number of hydrogen-bond acceptors (Lipinski definition) is 12. The number of nitrogens with zero attached hydrogens (tertiary/aromatic N) is 3. The number of hydrogen-bond donors (Lipinski definition) is 2. The van der Waals surface area contributed by atoms with Gasteiger partial charge >= 0.3 is 30.2 Å². The Balaban J connectivity index is 0.000000289. The van der Waals surface area contributed by atoms with Gasteiger partial charge in [-0.15, -0.1) is 0 Å². The van der Waals surface area contributed by atoms with Crippen LogP contribution in [0.4, 0.5) is 18.0 Å². The maximum atomic E-state index is 12.3. The zero-order valence-corrected chi connectivity index (χ0v) is 28.0. The number of ether oxygens (including phenoxy) is 5. The van der Waals surface area contributed by atoms with Gasteiger partial charge in [0.15, 0.2) is 0 Å². The first-order valence-corrected chi connectivity index (χ1v) is 14.8. The number of carbonyl (C=O) groups is 4. The number of pyridine rings is 2. The normalized spacial score (nSPS) is 20.2. The highest BCUT2D eigenvalue weighted by atomic mass is 35.5. The third-order valence-electron chi connectivity index (χ3n) is 6.16. The average Bonchev–Trinajstić information content (AvgIpc) is 3.66. The third kappa shape index (κ3) is 13.6. The number of aliphatic carboxylic acids is 1. The van der Waals surface area contributed by atoms with Crippen molar-refractivity contribution in [2.75, 3.05) is 27.3 Å². The molecule has 2 saturated heterocycles. The molecule has 2 aliphatic rings. The van der Waals surface area contributed by atoms with Crippen molar-refractivity contribution in [1.29, 1.82) is 0 Å². The molecule has 0 aromatic carbocycles. The van der Waals surface area contributed by atoms with Crippen molar-refractivity contribution in [2.24, 2.45) is 0 Å². The summed E-state index contributed by atoms with van der Waals surface area (Å²) in [4.78, 5) is 53.9. The summed E-state index contributed by atoms with van der Waals surface area (Å²) < 4.78 is 57.9. The van der Waals surface area contributed by atoms with Gasteiger partial charge in [0.1, 0.15) is 29.9 Å². The highest BCUT2D eigenvalue weighted by molar-refractivity contribution is 6.30. The fourth-order valence-electron chi connectivity index (χ4n) is 4.08. The molecule has 1 amide bonds. The highest BCUT2D eigenvalue weighted by Crippen LogP contribution is 2.26. The van der Waals surface area contributed by atoms with E-state index >= 15 is 0 Å². The molecule has 0 radical (unpaired) electrons. The molecule has 2 aromatic heterocycles. The lowest BCUT2D eigenvalue weighted by atomic mass is 10.2. The number of carboxylic acid groups (broad SMARTS) is 1. The van der Waals surface area contributed by atoms with E-state index < -0.39 is 42.0 Å². The van der Waals surface area contributed by atoms with Gasteiger partial charge in [-0.3, -0.25) is 9.69 Å². The number of methoxy groups -OCH3 is 2. The lowest BCUT2D eigenvalue weighted by molar-refractivity contribution is -0.192. The predicted molar refractivity (Wildman–Crippen MR) is 163 cm³/mol. The molecule has 2 aromatic rings. The number of carboxylic acids is 1. The molecule has 0 unspecified atom stereocenters. The fraction of sp³-hybridized carbons (Fsp3) is 0.517. The topological polar surface area (TPSA) is 176 Å². The highest BCUT2D eigenvalue weighted by Gasteiger charge is 2.43. The third-order valence-corrected chi connectivity index (χ3v) is 6.61. The minimum atomic E-state index is -5.08. The minimum absolute atomic E-state index is 0.0761. The van der Waals surface area contributed by atoms with Crippen LogP contribution in [0.2, 0.25) is 10.0 Å². The number of amides is 1. The molecular weight excluding hydrogens is 692 g/mol. The van der Waals surface area contributed by atoms with Crippen LogP contribution in [-0.4, -0.2) is 107 Å². The fourth-order valence-corrected chi connectivity index (χ4v) is 4.31. The molecule has 266 valence electrons. The molecule has 14 nitrogen and oxygen atoms in total. The standard InChI is InChI=1S/C16H21ClN2O5.C11H13ClN2O3.C2HF3O2/c1-16(2,3)24-15(21)19-9-11(7-12(19)14(20)22-4)23-13-6-5-10(17)8-18-13;1-16-11(15)9-4-8(6-13-9)17-10-3-2-7(12)5-14-10;3-2(4,5)1(6)7/h5-6,8,11-12H,7,9H2,1-4H3;2-3,5,8-9,13H,4,6H2,1H3;(H,6,7)/t11-,12+;8-,9+;/m11./s1. The molecule has 19 heteroatoms. The number of alkyl halides is 3. The molecule has 2 aliphatic heterocycles. The minimum Gasteiger partial charge on any atom is -0.475 e. The van der Waals surface area contributed by atoms with Gasteiger partial charge in [-0.25, -0.2) is 24.4 Å². The van der Waals surface area contributed by atoms with E-state index in [4.69, 9.17) is 52.1 Å². The second-order valence-corrected chi connectivity index (χ2v) is 11.9. The molecular formula is C29H35Cl2F3N4O10. The summed E-state index contributed by atoms with van der Waals surface area (Å²) in [5, 5.41) is 11.2. The second kappa shape index (κ2) is 17.9. The number of nitrogens with one attached hydrogen (secondary N) is 1. The number of carbonyl (C=O) groups excluding carboxylic acids is 3. The predicted octanol–water partition coefficient (Wildman–Crippen LogP) is 4.32. The Morgan fingerprint density at radius 1 is 0.875 bits per heavy atom. The molecule has 0 saturated carbocycles. The summed E-state index contributed by atoms with van der Waals surface area (Å²) in [5.41, 5.74) is -0.658.